The van der Waals surface area contributed by atoms with Gasteiger partial charge in [0, 0.05) is 23.4 Å². The highest BCUT2D eigenvalue weighted by atomic mass is 32.2. The van der Waals surface area contributed by atoms with Gasteiger partial charge in [0.2, 0.25) is 0 Å². The van der Waals surface area contributed by atoms with Crippen LogP contribution in [0.4, 0.5) is 5.69 Å². The number of benzene rings is 4. The van der Waals surface area contributed by atoms with Gasteiger partial charge in [-0.05, 0) is 42.6 Å². The Morgan fingerprint density at radius 2 is 1.55 bits per heavy atom. The number of ether oxygens (including phenoxy) is 1. The normalized spacial score (nSPS) is 11.9. The van der Waals surface area contributed by atoms with E-state index < -0.39 is 30.6 Å². The number of aryl methyl sites for hydroxylation is 1. The van der Waals surface area contributed by atoms with Crippen molar-refractivity contribution >= 4 is 36.4 Å². The van der Waals surface area contributed by atoms with Crippen LogP contribution in [0.2, 0.25) is 0 Å². The van der Waals surface area contributed by atoms with Crippen molar-refractivity contribution in [2.45, 2.75) is 28.9 Å². The maximum Gasteiger partial charge on any atom is 0.296 e. The van der Waals surface area contributed by atoms with Crippen LogP contribution in [0.25, 0.3) is 10.8 Å². The molecule has 0 N–H and O–H groups in total. The summed E-state index contributed by atoms with van der Waals surface area (Å²) in [6, 6.07) is 22.1. The van der Waals surface area contributed by atoms with E-state index in [-0.39, 0.29) is 46.4 Å². The van der Waals surface area contributed by atoms with Crippen LogP contribution in [-0.4, -0.2) is 35.0 Å². The summed E-state index contributed by atoms with van der Waals surface area (Å²) in [5, 5.41) is 12.9. The SMILES string of the molecule is Cc1ccc(S(=O)(=O)OCCCOc2ccc([N+](=O)[O-])c(CS(=O)(=O)c3cccc4ccccc34)c2)cc1. The Bertz CT molecular complexity index is 1680. The van der Waals surface area contributed by atoms with Crippen molar-refractivity contribution in [1.29, 1.82) is 0 Å². The number of nitro benzene ring substituents is 1. The van der Waals surface area contributed by atoms with Crippen LogP contribution in [0.1, 0.15) is 17.5 Å². The average Bonchev–Trinajstić information content (AvgIpc) is 2.88. The monoisotopic (exact) mass is 555 g/mol. The second kappa shape index (κ2) is 11.3. The first-order valence-electron chi connectivity index (χ1n) is 11.6. The van der Waals surface area contributed by atoms with Gasteiger partial charge in [0.05, 0.1) is 33.7 Å². The smallest absolute Gasteiger partial charge is 0.296 e. The van der Waals surface area contributed by atoms with Gasteiger partial charge in [-0.2, -0.15) is 8.42 Å². The summed E-state index contributed by atoms with van der Waals surface area (Å²) in [5.74, 6) is -0.369. The molecule has 9 nitrogen and oxygen atoms in total. The maximum atomic E-state index is 13.3. The predicted molar refractivity (Wildman–Crippen MR) is 142 cm³/mol. The van der Waals surface area contributed by atoms with Crippen molar-refractivity contribution in [2.75, 3.05) is 13.2 Å². The molecule has 198 valence electrons. The molecule has 0 bridgehead atoms. The van der Waals surface area contributed by atoms with E-state index >= 15 is 0 Å². The van der Waals surface area contributed by atoms with Gasteiger partial charge in [-0.15, -0.1) is 0 Å². The summed E-state index contributed by atoms with van der Waals surface area (Å²) in [6.45, 7) is 1.76. The molecule has 0 spiro atoms. The van der Waals surface area contributed by atoms with Crippen LogP contribution < -0.4 is 4.74 Å². The van der Waals surface area contributed by atoms with Crippen LogP contribution in [-0.2, 0) is 29.9 Å². The van der Waals surface area contributed by atoms with Crippen molar-refractivity contribution in [1.82, 2.24) is 0 Å². The van der Waals surface area contributed by atoms with E-state index in [1.54, 1.807) is 48.5 Å². The van der Waals surface area contributed by atoms with Crippen molar-refractivity contribution < 1.29 is 30.7 Å². The molecule has 0 saturated heterocycles. The molecule has 0 aliphatic carbocycles. The van der Waals surface area contributed by atoms with Gasteiger partial charge >= 0.3 is 0 Å². The Balaban J connectivity index is 1.44. The fraction of sp³-hybridized carbons (Fsp3) is 0.185. The van der Waals surface area contributed by atoms with Gasteiger partial charge in [0.1, 0.15) is 5.75 Å². The molecule has 4 aromatic carbocycles. The minimum atomic E-state index is -3.93. The molecular formula is C27H25NO8S2. The molecule has 0 radical (unpaired) electrons. The summed E-state index contributed by atoms with van der Waals surface area (Å²) in [4.78, 5) is 11.1. The van der Waals surface area contributed by atoms with Crippen LogP contribution in [0.3, 0.4) is 0 Å². The number of sulfone groups is 1. The largest absolute Gasteiger partial charge is 0.493 e. The topological polar surface area (TPSA) is 130 Å². The molecule has 0 amide bonds. The van der Waals surface area contributed by atoms with Crippen LogP contribution >= 0.6 is 0 Å². The Morgan fingerprint density at radius 3 is 2.29 bits per heavy atom. The molecule has 0 aliphatic heterocycles. The number of rotatable bonds is 11. The zero-order valence-corrected chi connectivity index (χ0v) is 22.1. The van der Waals surface area contributed by atoms with Gasteiger partial charge in [-0.25, -0.2) is 8.42 Å². The molecule has 0 fully saturated rings. The molecule has 4 aromatic rings. The number of nitrogens with zero attached hydrogens (tertiary/aromatic N) is 1. The quantitative estimate of drug-likeness (QED) is 0.107. The molecule has 0 atom stereocenters. The van der Waals surface area contributed by atoms with E-state index in [0.717, 1.165) is 10.9 Å². The molecule has 0 saturated carbocycles. The lowest BCUT2D eigenvalue weighted by atomic mass is 10.1. The Labute approximate surface area is 220 Å². The Hall–Kier alpha value is -3.80. The standard InChI is InChI=1S/C27H25NO8S2/c1-20-10-13-24(14-11-20)38(33,34)36-17-5-16-35-23-12-15-26(28(29)30)22(18-23)19-37(31,32)27-9-4-7-21-6-2-3-8-25(21)27/h2-4,6-15,18H,5,16-17,19H2,1H3. The van der Waals surface area contributed by atoms with Crippen LogP contribution in [0, 0.1) is 17.0 Å². The molecule has 4 rings (SSSR count). The van der Waals surface area contributed by atoms with Gasteiger partial charge in [-0.1, -0.05) is 54.1 Å². The van der Waals surface area contributed by atoms with E-state index in [2.05, 4.69) is 0 Å². The number of fused-ring (bicyclic) bond motifs is 1. The highest BCUT2D eigenvalue weighted by Crippen LogP contribution is 2.31. The third-order valence-electron chi connectivity index (χ3n) is 5.78. The van der Waals surface area contributed by atoms with Gasteiger partial charge in [0.15, 0.2) is 9.84 Å². The Morgan fingerprint density at radius 1 is 0.842 bits per heavy atom. The van der Waals surface area contributed by atoms with Crippen LogP contribution in [0.5, 0.6) is 5.75 Å². The van der Waals surface area contributed by atoms with E-state index in [0.29, 0.717) is 5.39 Å². The lowest BCUT2D eigenvalue weighted by Crippen LogP contribution is -2.10. The second-order valence-corrected chi connectivity index (χ2v) is 12.1. The van der Waals surface area contributed by atoms with Crippen molar-refractivity contribution in [2.24, 2.45) is 0 Å². The summed E-state index contributed by atoms with van der Waals surface area (Å²) in [7, 11) is -7.84. The summed E-state index contributed by atoms with van der Waals surface area (Å²) < 4.78 is 61.8. The Kier molecular flexibility index (Phi) is 8.10. The number of hydrogen-bond donors (Lipinski definition) is 0. The van der Waals surface area contributed by atoms with Gasteiger partial charge < -0.3 is 4.74 Å². The summed E-state index contributed by atoms with van der Waals surface area (Å²) >= 11 is 0. The first-order chi connectivity index (χ1) is 18.1. The van der Waals surface area contributed by atoms with Gasteiger partial charge in [-0.3, -0.25) is 14.3 Å². The molecule has 0 unspecified atom stereocenters. The fourth-order valence-electron chi connectivity index (χ4n) is 3.89. The molecule has 0 aliphatic rings. The fourth-order valence-corrected chi connectivity index (χ4v) is 6.43. The predicted octanol–water partition coefficient (Wildman–Crippen LogP) is 5.20. The average molecular weight is 556 g/mol. The second-order valence-electron chi connectivity index (χ2n) is 8.58. The summed E-state index contributed by atoms with van der Waals surface area (Å²) in [6.07, 6.45) is 0.214. The van der Waals surface area contributed by atoms with E-state index in [9.17, 15) is 26.9 Å². The molecule has 0 aromatic heterocycles. The van der Waals surface area contributed by atoms with Gasteiger partial charge in [0.25, 0.3) is 15.8 Å². The minimum Gasteiger partial charge on any atom is -0.493 e. The molecule has 0 heterocycles. The highest BCUT2D eigenvalue weighted by molar-refractivity contribution is 7.91. The van der Waals surface area contributed by atoms with E-state index in [1.807, 2.05) is 6.92 Å². The third kappa shape index (κ3) is 6.36. The lowest BCUT2D eigenvalue weighted by Gasteiger charge is -2.11. The first kappa shape index (κ1) is 27.2. The minimum absolute atomic E-state index is 0.0152. The summed E-state index contributed by atoms with van der Waals surface area (Å²) in [5.41, 5.74) is 0.567. The van der Waals surface area contributed by atoms with Crippen molar-refractivity contribution in [3.8, 4) is 5.75 Å². The van der Waals surface area contributed by atoms with E-state index in [4.69, 9.17) is 8.92 Å². The number of hydrogen-bond acceptors (Lipinski definition) is 8. The first-order valence-corrected chi connectivity index (χ1v) is 14.7. The van der Waals surface area contributed by atoms with E-state index in [1.165, 1.54) is 36.4 Å². The molecular weight excluding hydrogens is 530 g/mol. The van der Waals surface area contributed by atoms with Crippen molar-refractivity contribution in [3.63, 3.8) is 0 Å². The molecule has 38 heavy (non-hydrogen) atoms. The van der Waals surface area contributed by atoms with Crippen molar-refractivity contribution in [3.05, 3.63) is 106 Å². The lowest BCUT2D eigenvalue weighted by molar-refractivity contribution is -0.385. The molecule has 11 heteroatoms. The third-order valence-corrected chi connectivity index (χ3v) is 8.83. The zero-order chi connectivity index (χ0) is 27.3. The number of nitro groups is 1. The maximum absolute atomic E-state index is 13.3. The zero-order valence-electron chi connectivity index (χ0n) is 20.4. The highest BCUT2D eigenvalue weighted by Gasteiger charge is 2.24. The van der Waals surface area contributed by atoms with Crippen LogP contribution in [0.15, 0.2) is 94.7 Å².